The molecule has 0 unspecified atom stereocenters. The van der Waals surface area contributed by atoms with Gasteiger partial charge >= 0.3 is 12.1 Å². The van der Waals surface area contributed by atoms with Gasteiger partial charge < -0.3 is 10.4 Å². The number of aliphatic carboxylic acids is 1. The molecule has 0 aliphatic carbocycles. The van der Waals surface area contributed by atoms with E-state index in [9.17, 15) is 22.8 Å². The van der Waals surface area contributed by atoms with Crippen molar-refractivity contribution in [2.45, 2.75) is 32.5 Å². The van der Waals surface area contributed by atoms with Crippen LogP contribution in [0.2, 0.25) is 0 Å². The first-order valence-corrected chi connectivity index (χ1v) is 7.09. The molecule has 0 fully saturated rings. The van der Waals surface area contributed by atoms with Gasteiger partial charge in [0.1, 0.15) is 6.04 Å². The van der Waals surface area contributed by atoms with Gasteiger partial charge in [-0.25, -0.2) is 0 Å². The van der Waals surface area contributed by atoms with E-state index in [2.05, 4.69) is 10.6 Å². The van der Waals surface area contributed by atoms with E-state index in [0.717, 1.165) is 12.1 Å². The second-order valence-electron chi connectivity index (χ2n) is 5.17. The number of carbonyl (C=O) groups is 2. The summed E-state index contributed by atoms with van der Waals surface area (Å²) in [4.78, 5) is 22.9. The van der Waals surface area contributed by atoms with Crippen LogP contribution in [0.5, 0.6) is 0 Å². The third-order valence-corrected chi connectivity index (χ3v) is 3.47. The maximum atomic E-state index is 12.8. The molecule has 0 aliphatic heterocycles. The number of hydrogen-bond donors (Lipinski definition) is 3. The number of halogens is 3. The van der Waals surface area contributed by atoms with Crippen LogP contribution in [0.3, 0.4) is 0 Å². The van der Waals surface area contributed by atoms with Gasteiger partial charge in [-0.15, -0.1) is 0 Å². The van der Waals surface area contributed by atoms with E-state index in [1.54, 1.807) is 6.92 Å². The van der Waals surface area contributed by atoms with E-state index in [0.29, 0.717) is 6.42 Å². The first kappa shape index (κ1) is 19.0. The maximum Gasteiger partial charge on any atom is 0.418 e. The van der Waals surface area contributed by atoms with Crippen molar-refractivity contribution in [3.63, 3.8) is 0 Å². The number of carboxylic acid groups (broad SMARTS) is 1. The fourth-order valence-electron chi connectivity index (χ4n) is 2.00. The Bertz CT molecular complexity index is 561. The van der Waals surface area contributed by atoms with E-state index < -0.39 is 36.2 Å². The van der Waals surface area contributed by atoms with E-state index in [1.165, 1.54) is 12.1 Å². The van der Waals surface area contributed by atoms with Gasteiger partial charge in [-0.1, -0.05) is 32.4 Å². The van der Waals surface area contributed by atoms with Crippen molar-refractivity contribution in [2.75, 3.05) is 11.9 Å². The van der Waals surface area contributed by atoms with Crippen molar-refractivity contribution >= 4 is 17.6 Å². The summed E-state index contributed by atoms with van der Waals surface area (Å²) < 4.78 is 38.5. The Morgan fingerprint density at radius 1 is 1.26 bits per heavy atom. The minimum atomic E-state index is -4.59. The average Bonchev–Trinajstić information content (AvgIpc) is 2.46. The second-order valence-corrected chi connectivity index (χ2v) is 5.17. The number of amides is 1. The largest absolute Gasteiger partial charge is 0.480 e. The highest BCUT2D eigenvalue weighted by molar-refractivity contribution is 5.93. The number of benzene rings is 1. The summed E-state index contributed by atoms with van der Waals surface area (Å²) in [5.41, 5.74) is -1.31. The minimum absolute atomic E-state index is 0.220. The van der Waals surface area contributed by atoms with Crippen LogP contribution < -0.4 is 10.6 Å². The highest BCUT2D eigenvalue weighted by Gasteiger charge is 2.33. The molecule has 0 saturated carbocycles. The Kier molecular flexibility index (Phi) is 6.56. The first-order valence-electron chi connectivity index (χ1n) is 7.09. The molecule has 8 heteroatoms. The Balaban J connectivity index is 2.73. The zero-order chi connectivity index (χ0) is 17.6. The molecule has 0 aliphatic rings. The Labute approximate surface area is 131 Å². The summed E-state index contributed by atoms with van der Waals surface area (Å²) in [6, 6.07) is 3.66. The number of alkyl halides is 3. The van der Waals surface area contributed by atoms with Crippen LogP contribution in [-0.2, 0) is 15.8 Å². The van der Waals surface area contributed by atoms with Gasteiger partial charge in [0.05, 0.1) is 17.8 Å². The number of carbonyl (C=O) groups excluding carboxylic acids is 1. The molecule has 3 N–H and O–H groups in total. The molecular weight excluding hydrogens is 313 g/mol. The summed E-state index contributed by atoms with van der Waals surface area (Å²) in [6.07, 6.45) is -4.00. The average molecular weight is 332 g/mol. The van der Waals surface area contributed by atoms with Gasteiger partial charge in [-0.05, 0) is 18.1 Å². The quantitative estimate of drug-likeness (QED) is 0.717. The summed E-state index contributed by atoms with van der Waals surface area (Å²) in [6.45, 7) is 3.12. The third kappa shape index (κ3) is 5.55. The molecule has 2 atom stereocenters. The second kappa shape index (κ2) is 7.96. The number of rotatable bonds is 7. The van der Waals surface area contributed by atoms with Crippen molar-refractivity contribution in [1.82, 2.24) is 5.32 Å². The van der Waals surface area contributed by atoms with Crippen LogP contribution in [0.4, 0.5) is 18.9 Å². The zero-order valence-corrected chi connectivity index (χ0v) is 12.8. The Hall–Kier alpha value is -2.09. The van der Waals surface area contributed by atoms with Crippen LogP contribution in [0.1, 0.15) is 25.8 Å². The van der Waals surface area contributed by atoms with Gasteiger partial charge in [0.15, 0.2) is 0 Å². The molecule has 0 spiro atoms. The molecule has 1 rings (SSSR count). The van der Waals surface area contributed by atoms with Crippen LogP contribution in [0.25, 0.3) is 0 Å². The molecule has 1 aromatic rings. The predicted octanol–water partition coefficient (Wildman–Crippen LogP) is 2.73. The predicted molar refractivity (Wildman–Crippen MR) is 79.0 cm³/mol. The van der Waals surface area contributed by atoms with Gasteiger partial charge in [-0.2, -0.15) is 13.2 Å². The van der Waals surface area contributed by atoms with Gasteiger partial charge in [0.25, 0.3) is 0 Å². The molecule has 23 heavy (non-hydrogen) atoms. The monoisotopic (exact) mass is 332 g/mol. The normalized spacial score (nSPS) is 14.1. The van der Waals surface area contributed by atoms with Crippen LogP contribution in [-0.4, -0.2) is 29.6 Å². The summed E-state index contributed by atoms with van der Waals surface area (Å²) in [5.74, 6) is -2.07. The molecule has 5 nitrogen and oxygen atoms in total. The number of para-hydroxylation sites is 1. The van der Waals surface area contributed by atoms with Crippen molar-refractivity contribution in [1.29, 1.82) is 0 Å². The van der Waals surface area contributed by atoms with Crippen molar-refractivity contribution < 1.29 is 27.9 Å². The molecule has 0 heterocycles. The van der Waals surface area contributed by atoms with E-state index in [1.807, 2.05) is 6.92 Å². The van der Waals surface area contributed by atoms with Crippen LogP contribution in [0.15, 0.2) is 24.3 Å². The van der Waals surface area contributed by atoms with E-state index in [-0.39, 0.29) is 11.6 Å². The Morgan fingerprint density at radius 3 is 2.39 bits per heavy atom. The summed E-state index contributed by atoms with van der Waals surface area (Å²) >= 11 is 0. The molecule has 1 aromatic carbocycles. The Morgan fingerprint density at radius 2 is 1.87 bits per heavy atom. The molecule has 0 aromatic heterocycles. The van der Waals surface area contributed by atoms with Gasteiger partial charge in [0, 0.05) is 0 Å². The molecule has 0 radical (unpaired) electrons. The smallest absolute Gasteiger partial charge is 0.418 e. The van der Waals surface area contributed by atoms with E-state index in [4.69, 9.17) is 5.11 Å². The number of hydrogen-bond acceptors (Lipinski definition) is 3. The van der Waals surface area contributed by atoms with Gasteiger partial charge in [-0.3, -0.25) is 14.9 Å². The lowest BCUT2D eigenvalue weighted by atomic mass is 9.99. The lowest BCUT2D eigenvalue weighted by Crippen LogP contribution is -2.45. The highest BCUT2D eigenvalue weighted by Crippen LogP contribution is 2.34. The van der Waals surface area contributed by atoms with Crippen molar-refractivity contribution in [2.24, 2.45) is 5.92 Å². The summed E-state index contributed by atoms with van der Waals surface area (Å²) in [7, 11) is 0. The minimum Gasteiger partial charge on any atom is -0.480 e. The number of anilines is 1. The lowest BCUT2D eigenvalue weighted by molar-refractivity contribution is -0.141. The number of nitrogens with one attached hydrogen (secondary N) is 2. The fraction of sp³-hybridized carbons (Fsp3) is 0.467. The van der Waals surface area contributed by atoms with Crippen LogP contribution >= 0.6 is 0 Å². The maximum absolute atomic E-state index is 12.8. The van der Waals surface area contributed by atoms with Crippen molar-refractivity contribution in [3.8, 4) is 0 Å². The molecular formula is C15H19F3N2O3. The van der Waals surface area contributed by atoms with Crippen LogP contribution in [0, 0.1) is 5.92 Å². The van der Waals surface area contributed by atoms with Gasteiger partial charge in [0.2, 0.25) is 5.91 Å². The molecule has 1 amide bonds. The molecule has 0 bridgehead atoms. The molecule has 128 valence electrons. The van der Waals surface area contributed by atoms with E-state index >= 15 is 0 Å². The lowest BCUT2D eigenvalue weighted by Gasteiger charge is -2.20. The standard InChI is InChI=1S/C15H19F3N2O3/c1-3-9(2)13(14(22)23)19-8-12(21)20-11-7-5-4-6-10(11)15(16,17)18/h4-7,9,13,19H,3,8H2,1-2H3,(H,20,21)(H,22,23)/t9-,13-/m0/s1. The van der Waals surface area contributed by atoms with Crippen molar-refractivity contribution in [3.05, 3.63) is 29.8 Å². The number of carboxylic acids is 1. The topological polar surface area (TPSA) is 78.4 Å². The first-order chi connectivity index (χ1) is 10.7. The molecule has 0 saturated heterocycles. The highest BCUT2D eigenvalue weighted by atomic mass is 19.4. The zero-order valence-electron chi connectivity index (χ0n) is 12.8. The summed E-state index contributed by atoms with van der Waals surface area (Å²) in [5, 5.41) is 13.8. The SMILES string of the molecule is CC[C@H](C)[C@H](NCC(=O)Nc1ccccc1C(F)(F)F)C(=O)O. The third-order valence-electron chi connectivity index (χ3n) is 3.47. The fourth-order valence-corrected chi connectivity index (χ4v) is 2.00.